The molecule has 5 heteroatoms. The second-order valence-electron chi connectivity index (χ2n) is 3.58. The van der Waals surface area contributed by atoms with Crippen molar-refractivity contribution in [2.24, 2.45) is 5.73 Å². The van der Waals surface area contributed by atoms with Crippen LogP contribution in [0.3, 0.4) is 0 Å². The second kappa shape index (κ2) is 5.55. The van der Waals surface area contributed by atoms with Crippen LogP contribution >= 0.6 is 0 Å². The van der Waals surface area contributed by atoms with Gasteiger partial charge in [0, 0.05) is 12.6 Å². The van der Waals surface area contributed by atoms with Crippen LogP contribution < -0.4 is 11.1 Å². The number of amides is 1. The zero-order chi connectivity index (χ0) is 12.1. The quantitative estimate of drug-likeness (QED) is 0.825. The van der Waals surface area contributed by atoms with Gasteiger partial charge in [-0.15, -0.1) is 0 Å². The fraction of sp³-hybridized carbons (Fsp3) is 0.364. The van der Waals surface area contributed by atoms with E-state index in [4.69, 9.17) is 5.73 Å². The Morgan fingerprint density at radius 1 is 1.50 bits per heavy atom. The van der Waals surface area contributed by atoms with E-state index in [0.717, 1.165) is 0 Å². The molecule has 3 N–H and O–H groups in total. The van der Waals surface area contributed by atoms with Crippen LogP contribution in [0.15, 0.2) is 24.3 Å². The number of carbonyl (C=O) groups excluding carboxylic acids is 1. The standard InChI is InChI=1S/C11H14F2N2O/c1-7(16)15-9-4-2-3-8(5-9)6-10(14)11(12)13/h2-5,10-11H,6,14H2,1H3,(H,15,16). The third kappa shape index (κ3) is 3.94. The monoisotopic (exact) mass is 228 g/mol. The normalized spacial score (nSPS) is 12.6. The van der Waals surface area contributed by atoms with Gasteiger partial charge in [0.05, 0.1) is 6.04 Å². The van der Waals surface area contributed by atoms with E-state index >= 15 is 0 Å². The third-order valence-corrected chi connectivity index (χ3v) is 2.04. The Hall–Kier alpha value is -1.49. The molecule has 16 heavy (non-hydrogen) atoms. The summed E-state index contributed by atoms with van der Waals surface area (Å²) < 4.78 is 24.5. The zero-order valence-electron chi connectivity index (χ0n) is 8.91. The van der Waals surface area contributed by atoms with Crippen LogP contribution in [-0.2, 0) is 11.2 Å². The minimum absolute atomic E-state index is 0.0884. The largest absolute Gasteiger partial charge is 0.326 e. The molecule has 0 saturated heterocycles. The molecule has 1 rings (SSSR count). The van der Waals surface area contributed by atoms with Crippen LogP contribution in [0.2, 0.25) is 0 Å². The molecular formula is C11H14F2N2O. The lowest BCUT2D eigenvalue weighted by Crippen LogP contribution is -2.30. The molecule has 0 saturated carbocycles. The fourth-order valence-electron chi connectivity index (χ4n) is 1.34. The highest BCUT2D eigenvalue weighted by Crippen LogP contribution is 2.13. The van der Waals surface area contributed by atoms with Gasteiger partial charge >= 0.3 is 0 Å². The first-order valence-corrected chi connectivity index (χ1v) is 4.89. The molecule has 1 amide bonds. The summed E-state index contributed by atoms with van der Waals surface area (Å²) >= 11 is 0. The van der Waals surface area contributed by atoms with E-state index < -0.39 is 12.5 Å². The third-order valence-electron chi connectivity index (χ3n) is 2.04. The van der Waals surface area contributed by atoms with Crippen molar-refractivity contribution in [3.63, 3.8) is 0 Å². The topological polar surface area (TPSA) is 55.1 Å². The van der Waals surface area contributed by atoms with E-state index in [1.165, 1.54) is 6.92 Å². The molecule has 0 aliphatic carbocycles. The van der Waals surface area contributed by atoms with Crippen molar-refractivity contribution >= 4 is 11.6 Å². The molecule has 88 valence electrons. The molecule has 1 aromatic rings. The van der Waals surface area contributed by atoms with Crippen molar-refractivity contribution in [2.75, 3.05) is 5.32 Å². The molecule has 1 atom stereocenters. The molecule has 0 aliphatic heterocycles. The van der Waals surface area contributed by atoms with Crippen LogP contribution in [0.1, 0.15) is 12.5 Å². The van der Waals surface area contributed by atoms with Crippen molar-refractivity contribution in [1.82, 2.24) is 0 Å². The van der Waals surface area contributed by atoms with Crippen molar-refractivity contribution in [3.8, 4) is 0 Å². The van der Waals surface area contributed by atoms with Gasteiger partial charge in [-0.05, 0) is 24.1 Å². The van der Waals surface area contributed by atoms with Crippen LogP contribution in [-0.4, -0.2) is 18.4 Å². The summed E-state index contributed by atoms with van der Waals surface area (Å²) in [6.07, 6.45) is -2.45. The molecule has 0 spiro atoms. The molecule has 0 aromatic heterocycles. The highest BCUT2D eigenvalue weighted by molar-refractivity contribution is 5.88. The summed E-state index contributed by atoms with van der Waals surface area (Å²) in [6.45, 7) is 1.39. The minimum Gasteiger partial charge on any atom is -0.326 e. The number of halogens is 2. The minimum atomic E-state index is -2.54. The number of nitrogens with two attached hydrogens (primary N) is 1. The summed E-state index contributed by atoms with van der Waals surface area (Å²) in [5.41, 5.74) is 6.53. The second-order valence-corrected chi connectivity index (χ2v) is 3.58. The Labute approximate surface area is 92.6 Å². The molecule has 0 fully saturated rings. The van der Waals surface area contributed by atoms with Crippen molar-refractivity contribution in [2.45, 2.75) is 25.8 Å². The van der Waals surface area contributed by atoms with E-state index in [-0.39, 0.29) is 12.3 Å². The summed E-state index contributed by atoms with van der Waals surface area (Å²) in [4.78, 5) is 10.8. The van der Waals surface area contributed by atoms with Crippen LogP contribution in [0.4, 0.5) is 14.5 Å². The van der Waals surface area contributed by atoms with E-state index in [1.807, 2.05) is 0 Å². The number of nitrogens with one attached hydrogen (secondary N) is 1. The number of hydrogen-bond acceptors (Lipinski definition) is 2. The average Bonchev–Trinajstić information content (AvgIpc) is 2.16. The van der Waals surface area contributed by atoms with Gasteiger partial charge in [0.15, 0.2) is 0 Å². The number of carbonyl (C=O) groups is 1. The summed E-state index contributed by atoms with van der Waals surface area (Å²) in [6, 6.07) is 5.56. The predicted octanol–water partition coefficient (Wildman–Crippen LogP) is 1.78. The summed E-state index contributed by atoms with van der Waals surface area (Å²) in [5, 5.41) is 2.58. The number of hydrogen-bond donors (Lipinski definition) is 2. The molecule has 0 heterocycles. The maximum absolute atomic E-state index is 12.2. The van der Waals surface area contributed by atoms with Crippen LogP contribution in [0.25, 0.3) is 0 Å². The molecule has 0 aliphatic rings. The SMILES string of the molecule is CC(=O)Nc1cccc(CC(N)C(F)F)c1. The number of alkyl halides is 2. The molecule has 3 nitrogen and oxygen atoms in total. The Morgan fingerprint density at radius 2 is 2.19 bits per heavy atom. The van der Waals surface area contributed by atoms with Gasteiger partial charge in [-0.1, -0.05) is 12.1 Å². The van der Waals surface area contributed by atoms with Gasteiger partial charge < -0.3 is 11.1 Å². The van der Waals surface area contributed by atoms with Crippen LogP contribution in [0, 0.1) is 0 Å². The lowest BCUT2D eigenvalue weighted by atomic mass is 10.1. The highest BCUT2D eigenvalue weighted by atomic mass is 19.3. The summed E-state index contributed by atoms with van der Waals surface area (Å²) in [5.74, 6) is -0.199. The Balaban J connectivity index is 2.70. The number of anilines is 1. The van der Waals surface area contributed by atoms with Crippen molar-refractivity contribution in [1.29, 1.82) is 0 Å². The van der Waals surface area contributed by atoms with E-state index in [0.29, 0.717) is 11.3 Å². The molecule has 0 radical (unpaired) electrons. The Kier molecular flexibility index (Phi) is 4.37. The van der Waals surface area contributed by atoms with Crippen molar-refractivity contribution < 1.29 is 13.6 Å². The molecule has 0 bridgehead atoms. The van der Waals surface area contributed by atoms with Gasteiger partial charge in [0.25, 0.3) is 6.43 Å². The first-order chi connectivity index (χ1) is 7.49. The Bertz CT molecular complexity index is 369. The van der Waals surface area contributed by atoms with E-state index in [9.17, 15) is 13.6 Å². The van der Waals surface area contributed by atoms with Crippen LogP contribution in [0.5, 0.6) is 0 Å². The first-order valence-electron chi connectivity index (χ1n) is 4.89. The maximum Gasteiger partial charge on any atom is 0.253 e. The Morgan fingerprint density at radius 3 is 2.75 bits per heavy atom. The lowest BCUT2D eigenvalue weighted by molar-refractivity contribution is -0.114. The predicted molar refractivity (Wildman–Crippen MR) is 58.4 cm³/mol. The number of benzene rings is 1. The van der Waals surface area contributed by atoms with Gasteiger partial charge in [-0.25, -0.2) is 8.78 Å². The zero-order valence-corrected chi connectivity index (χ0v) is 8.91. The van der Waals surface area contributed by atoms with E-state index in [2.05, 4.69) is 5.32 Å². The smallest absolute Gasteiger partial charge is 0.253 e. The lowest BCUT2D eigenvalue weighted by Gasteiger charge is -2.11. The first kappa shape index (κ1) is 12.6. The van der Waals surface area contributed by atoms with Gasteiger partial charge in [0.1, 0.15) is 0 Å². The summed E-state index contributed by atoms with van der Waals surface area (Å²) in [7, 11) is 0. The van der Waals surface area contributed by atoms with Gasteiger partial charge in [-0.2, -0.15) is 0 Å². The fourth-order valence-corrected chi connectivity index (χ4v) is 1.34. The van der Waals surface area contributed by atoms with E-state index in [1.54, 1.807) is 24.3 Å². The van der Waals surface area contributed by atoms with Crippen molar-refractivity contribution in [3.05, 3.63) is 29.8 Å². The highest BCUT2D eigenvalue weighted by Gasteiger charge is 2.15. The number of rotatable bonds is 4. The molecule has 1 unspecified atom stereocenters. The van der Waals surface area contributed by atoms with Gasteiger partial charge in [-0.3, -0.25) is 4.79 Å². The molecular weight excluding hydrogens is 214 g/mol. The average molecular weight is 228 g/mol. The van der Waals surface area contributed by atoms with Gasteiger partial charge in [0.2, 0.25) is 5.91 Å². The maximum atomic E-state index is 12.2. The molecule has 1 aromatic carbocycles.